The molecule has 170 valence electrons. The number of anilines is 1. The maximum Gasteiger partial charge on any atom is 0.352 e. The van der Waals surface area contributed by atoms with E-state index in [1.165, 1.54) is 0 Å². The highest BCUT2D eigenvalue weighted by Gasteiger charge is 2.21. The van der Waals surface area contributed by atoms with Crippen molar-refractivity contribution in [1.82, 2.24) is 4.98 Å². The van der Waals surface area contributed by atoms with E-state index in [9.17, 15) is 18.3 Å². The van der Waals surface area contributed by atoms with Gasteiger partial charge in [0.05, 0.1) is 4.90 Å². The smallest absolute Gasteiger partial charge is 0.352 e. The molecule has 6 nitrogen and oxygen atoms in total. The first-order valence-corrected chi connectivity index (χ1v) is 12.1. The van der Waals surface area contributed by atoms with Crippen molar-refractivity contribution in [3.63, 3.8) is 0 Å². The lowest BCUT2D eigenvalue weighted by molar-refractivity contribution is 0.0692. The summed E-state index contributed by atoms with van der Waals surface area (Å²) in [6, 6.07) is 18.5. The normalized spacial score (nSPS) is 12.1. The summed E-state index contributed by atoms with van der Waals surface area (Å²) in [7, 11) is -3.83. The number of aromatic nitrogens is 1. The Labute approximate surface area is 197 Å². The Morgan fingerprint density at radius 2 is 1.61 bits per heavy atom. The number of fused-ring (bicyclic) bond motifs is 1. The van der Waals surface area contributed by atoms with Gasteiger partial charge in [-0.3, -0.25) is 4.72 Å². The molecule has 0 aliphatic carbocycles. The molecule has 1 heterocycles. The lowest BCUT2D eigenvalue weighted by Gasteiger charge is -2.19. The van der Waals surface area contributed by atoms with Crippen molar-refractivity contribution in [3.05, 3.63) is 83.0 Å². The summed E-state index contributed by atoms with van der Waals surface area (Å²) in [6.07, 6.45) is 0. The minimum Gasteiger partial charge on any atom is -0.477 e. The Hall–Kier alpha value is -3.29. The molecule has 0 saturated carbocycles. The second-order valence-electron chi connectivity index (χ2n) is 8.83. The molecule has 0 atom stereocenters. The van der Waals surface area contributed by atoms with Crippen LogP contribution in [0.5, 0.6) is 0 Å². The van der Waals surface area contributed by atoms with Gasteiger partial charge < -0.3 is 10.1 Å². The molecular weight excluding hydrogens is 460 g/mol. The molecule has 0 amide bonds. The first-order chi connectivity index (χ1) is 15.5. The number of aromatic amines is 1. The maximum atomic E-state index is 13.0. The Bertz CT molecular complexity index is 1450. The van der Waals surface area contributed by atoms with Crippen molar-refractivity contribution in [2.24, 2.45) is 0 Å². The SMILES string of the molecule is CC(C)(C)c1ccc(S(=O)(=O)Nc2ccc3[nH]c(C(=O)O)c(-c4ccc(Cl)cc4)c3c2)cc1. The average Bonchev–Trinajstić information content (AvgIpc) is 3.13. The molecule has 3 N–H and O–H groups in total. The van der Waals surface area contributed by atoms with Crippen LogP contribution >= 0.6 is 11.6 Å². The third-order valence-electron chi connectivity index (χ3n) is 5.43. The van der Waals surface area contributed by atoms with Crippen LogP contribution < -0.4 is 4.72 Å². The fourth-order valence-corrected chi connectivity index (χ4v) is 4.86. The van der Waals surface area contributed by atoms with Crippen molar-refractivity contribution in [1.29, 1.82) is 0 Å². The van der Waals surface area contributed by atoms with Gasteiger partial charge in [0.2, 0.25) is 0 Å². The number of H-pyrrole nitrogens is 1. The Morgan fingerprint density at radius 1 is 0.970 bits per heavy atom. The zero-order chi connectivity index (χ0) is 24.0. The van der Waals surface area contributed by atoms with E-state index in [1.54, 1.807) is 54.6 Å². The van der Waals surface area contributed by atoms with E-state index in [0.29, 0.717) is 32.7 Å². The average molecular weight is 483 g/mol. The van der Waals surface area contributed by atoms with Crippen LogP contribution in [0.15, 0.2) is 71.6 Å². The zero-order valence-electron chi connectivity index (χ0n) is 18.3. The number of hydrogen-bond donors (Lipinski definition) is 3. The third kappa shape index (κ3) is 4.60. The number of carboxylic acids is 1. The van der Waals surface area contributed by atoms with E-state index >= 15 is 0 Å². The first kappa shape index (κ1) is 22.9. The van der Waals surface area contributed by atoms with Crippen molar-refractivity contribution < 1.29 is 18.3 Å². The van der Waals surface area contributed by atoms with Crippen LogP contribution in [-0.2, 0) is 15.4 Å². The van der Waals surface area contributed by atoms with E-state index in [4.69, 9.17) is 11.6 Å². The van der Waals surface area contributed by atoms with Crippen LogP contribution in [0.25, 0.3) is 22.0 Å². The van der Waals surface area contributed by atoms with Gasteiger partial charge in [0.1, 0.15) is 5.69 Å². The van der Waals surface area contributed by atoms with Crippen LogP contribution in [0.2, 0.25) is 5.02 Å². The van der Waals surface area contributed by atoms with E-state index in [-0.39, 0.29) is 16.0 Å². The molecule has 8 heteroatoms. The molecule has 0 aliphatic heterocycles. The predicted octanol–water partition coefficient (Wildman–Crippen LogP) is 6.28. The van der Waals surface area contributed by atoms with Crippen molar-refractivity contribution in [2.75, 3.05) is 4.72 Å². The Kier molecular flexibility index (Phi) is 5.72. The molecule has 0 bridgehead atoms. The van der Waals surface area contributed by atoms with Gasteiger partial charge in [-0.1, -0.05) is 56.6 Å². The van der Waals surface area contributed by atoms with Crippen molar-refractivity contribution in [3.8, 4) is 11.1 Å². The summed E-state index contributed by atoms with van der Waals surface area (Å²) in [5.41, 5.74) is 2.98. The molecule has 4 rings (SSSR count). The lowest BCUT2D eigenvalue weighted by atomic mass is 9.87. The summed E-state index contributed by atoms with van der Waals surface area (Å²) in [5, 5.41) is 10.8. The number of hydrogen-bond acceptors (Lipinski definition) is 3. The number of aromatic carboxylic acids is 1. The number of sulfonamides is 1. The van der Waals surface area contributed by atoms with Gasteiger partial charge in [0.15, 0.2) is 0 Å². The fraction of sp³-hybridized carbons (Fsp3) is 0.160. The number of rotatable bonds is 5. The number of halogens is 1. The molecule has 0 spiro atoms. The first-order valence-electron chi connectivity index (χ1n) is 10.2. The molecule has 0 fully saturated rings. The zero-order valence-corrected chi connectivity index (χ0v) is 19.9. The van der Waals surface area contributed by atoms with Gasteiger partial charge in [0, 0.05) is 27.2 Å². The Balaban J connectivity index is 1.75. The second-order valence-corrected chi connectivity index (χ2v) is 10.9. The van der Waals surface area contributed by atoms with E-state index < -0.39 is 16.0 Å². The summed E-state index contributed by atoms with van der Waals surface area (Å²) in [6.45, 7) is 6.18. The molecular formula is C25H23ClN2O4S. The third-order valence-corrected chi connectivity index (χ3v) is 7.08. The molecule has 3 aromatic carbocycles. The molecule has 0 saturated heterocycles. The van der Waals surface area contributed by atoms with Gasteiger partial charge in [-0.2, -0.15) is 0 Å². The van der Waals surface area contributed by atoms with Crippen LogP contribution in [0, 0.1) is 0 Å². The van der Waals surface area contributed by atoms with Gasteiger partial charge in [-0.15, -0.1) is 0 Å². The standard InChI is InChI=1S/C25H23ClN2O4S/c1-25(2,3)16-6-11-19(12-7-16)33(31,32)28-18-10-13-21-20(14-18)22(23(27-21)24(29)30)15-4-8-17(26)9-5-15/h4-14,27-28H,1-3H3,(H,29,30). The summed E-state index contributed by atoms with van der Waals surface area (Å²) in [4.78, 5) is 14.9. The van der Waals surface area contributed by atoms with Gasteiger partial charge in [-0.25, -0.2) is 13.2 Å². The number of carboxylic acid groups (broad SMARTS) is 1. The minimum absolute atomic E-state index is 0.0186. The minimum atomic E-state index is -3.83. The topological polar surface area (TPSA) is 99.3 Å². The monoisotopic (exact) mass is 482 g/mol. The van der Waals surface area contributed by atoms with E-state index in [0.717, 1.165) is 5.56 Å². The second kappa shape index (κ2) is 8.24. The summed E-state index contributed by atoms with van der Waals surface area (Å²) in [5.74, 6) is -1.11. The molecule has 33 heavy (non-hydrogen) atoms. The summed E-state index contributed by atoms with van der Waals surface area (Å²) >= 11 is 5.98. The highest BCUT2D eigenvalue weighted by Crippen LogP contribution is 2.35. The van der Waals surface area contributed by atoms with E-state index in [2.05, 4.69) is 30.5 Å². The largest absolute Gasteiger partial charge is 0.477 e. The molecule has 4 aromatic rings. The highest BCUT2D eigenvalue weighted by atomic mass is 35.5. The molecule has 1 aromatic heterocycles. The van der Waals surface area contributed by atoms with Crippen LogP contribution in [0.4, 0.5) is 5.69 Å². The van der Waals surface area contributed by atoms with E-state index in [1.807, 2.05) is 12.1 Å². The van der Waals surface area contributed by atoms with Crippen molar-refractivity contribution in [2.45, 2.75) is 31.1 Å². The Morgan fingerprint density at radius 3 is 2.18 bits per heavy atom. The van der Waals surface area contributed by atoms with Crippen LogP contribution in [-0.4, -0.2) is 24.5 Å². The molecule has 0 radical (unpaired) electrons. The van der Waals surface area contributed by atoms with Crippen molar-refractivity contribution >= 4 is 44.2 Å². The quantitative estimate of drug-likeness (QED) is 0.311. The van der Waals surface area contributed by atoms with Gasteiger partial charge in [-0.05, 0) is 59.0 Å². The lowest BCUT2D eigenvalue weighted by Crippen LogP contribution is -2.14. The number of carbonyl (C=O) groups is 1. The van der Waals surface area contributed by atoms with Gasteiger partial charge in [0.25, 0.3) is 10.0 Å². The van der Waals surface area contributed by atoms with Crippen LogP contribution in [0.3, 0.4) is 0 Å². The van der Waals surface area contributed by atoms with Gasteiger partial charge >= 0.3 is 5.97 Å². The van der Waals surface area contributed by atoms with Crippen LogP contribution in [0.1, 0.15) is 36.8 Å². The summed E-state index contributed by atoms with van der Waals surface area (Å²) < 4.78 is 28.6. The highest BCUT2D eigenvalue weighted by molar-refractivity contribution is 7.92. The predicted molar refractivity (Wildman–Crippen MR) is 132 cm³/mol. The number of benzene rings is 3. The molecule has 0 aliphatic rings. The fourth-order valence-electron chi connectivity index (χ4n) is 3.68. The number of nitrogens with one attached hydrogen (secondary N) is 2. The molecule has 0 unspecified atom stereocenters. The maximum absolute atomic E-state index is 13.0.